The maximum Gasteiger partial charge on any atom is 0.269 e. The minimum Gasteiger partial charge on any atom is -0.497 e. The SMILES string of the molecule is COc1cccc(C(OC)(C(=O)Nc2cncc(-c3cnnc4ccccc34)c2)c2ncc[nH]2)c1. The molecule has 1 unspecified atom stereocenters. The molecule has 0 aliphatic carbocycles. The van der Waals surface area contributed by atoms with Crippen LogP contribution in [0.4, 0.5) is 5.69 Å². The Balaban J connectivity index is 1.55. The van der Waals surface area contributed by atoms with Crippen molar-refractivity contribution < 1.29 is 14.3 Å². The smallest absolute Gasteiger partial charge is 0.269 e. The van der Waals surface area contributed by atoms with E-state index >= 15 is 0 Å². The van der Waals surface area contributed by atoms with E-state index in [0.29, 0.717) is 22.8 Å². The number of ether oxygens (including phenoxy) is 2. The maximum absolute atomic E-state index is 13.8. The van der Waals surface area contributed by atoms with Crippen LogP contribution in [-0.4, -0.2) is 45.3 Å². The summed E-state index contributed by atoms with van der Waals surface area (Å²) in [6, 6.07) is 16.7. The molecule has 0 saturated carbocycles. The lowest BCUT2D eigenvalue weighted by Gasteiger charge is -2.30. The Kier molecular flexibility index (Phi) is 5.90. The van der Waals surface area contributed by atoms with Gasteiger partial charge in [-0.2, -0.15) is 10.2 Å². The summed E-state index contributed by atoms with van der Waals surface area (Å²) < 4.78 is 11.2. The van der Waals surface area contributed by atoms with Gasteiger partial charge in [0.2, 0.25) is 5.60 Å². The first-order chi connectivity index (χ1) is 17.2. The number of aromatic amines is 1. The first-order valence-electron chi connectivity index (χ1n) is 10.8. The van der Waals surface area contributed by atoms with E-state index < -0.39 is 11.5 Å². The first kappa shape index (κ1) is 22.2. The summed E-state index contributed by atoms with van der Waals surface area (Å²) in [7, 11) is 3.03. The zero-order chi connectivity index (χ0) is 24.3. The lowest BCUT2D eigenvalue weighted by atomic mass is 9.91. The first-order valence-corrected chi connectivity index (χ1v) is 10.8. The van der Waals surface area contributed by atoms with Gasteiger partial charge in [-0.05, 0) is 24.3 Å². The van der Waals surface area contributed by atoms with Crippen molar-refractivity contribution in [1.82, 2.24) is 25.1 Å². The van der Waals surface area contributed by atoms with Gasteiger partial charge in [0.1, 0.15) is 5.75 Å². The fourth-order valence-corrected chi connectivity index (χ4v) is 4.09. The fraction of sp³-hybridized carbons (Fsp3) is 0.115. The van der Waals surface area contributed by atoms with Crippen molar-refractivity contribution in [3.63, 3.8) is 0 Å². The minimum absolute atomic E-state index is 0.333. The summed E-state index contributed by atoms with van der Waals surface area (Å²) in [6.45, 7) is 0. The molecule has 9 heteroatoms. The van der Waals surface area contributed by atoms with E-state index in [1.165, 1.54) is 7.11 Å². The number of carbonyl (C=O) groups excluding carboxylic acids is 1. The summed E-state index contributed by atoms with van der Waals surface area (Å²) in [4.78, 5) is 25.5. The number of fused-ring (bicyclic) bond motifs is 1. The molecule has 5 rings (SSSR count). The number of methoxy groups -OCH3 is 2. The lowest BCUT2D eigenvalue weighted by Crippen LogP contribution is -2.44. The largest absolute Gasteiger partial charge is 0.497 e. The Labute approximate surface area is 201 Å². The van der Waals surface area contributed by atoms with Gasteiger partial charge in [-0.15, -0.1) is 0 Å². The molecular formula is C26H22N6O3. The third-order valence-corrected chi connectivity index (χ3v) is 5.79. The molecule has 1 amide bonds. The topological polar surface area (TPSA) is 115 Å². The molecule has 0 spiro atoms. The van der Waals surface area contributed by atoms with Crippen LogP contribution in [-0.2, 0) is 15.1 Å². The van der Waals surface area contributed by atoms with Gasteiger partial charge in [0, 0.05) is 47.8 Å². The Morgan fingerprint density at radius 3 is 2.71 bits per heavy atom. The van der Waals surface area contributed by atoms with Crippen LogP contribution in [0.15, 0.2) is 85.6 Å². The van der Waals surface area contributed by atoms with Crippen LogP contribution in [0.25, 0.3) is 22.0 Å². The number of aromatic nitrogens is 5. The number of nitrogens with zero attached hydrogens (tertiary/aromatic N) is 4. The number of amides is 1. The van der Waals surface area contributed by atoms with Crippen LogP contribution in [0.2, 0.25) is 0 Å². The second kappa shape index (κ2) is 9.32. The zero-order valence-corrected chi connectivity index (χ0v) is 19.1. The van der Waals surface area contributed by atoms with Crippen molar-refractivity contribution in [2.24, 2.45) is 0 Å². The predicted molar refractivity (Wildman–Crippen MR) is 131 cm³/mol. The molecule has 3 aromatic heterocycles. The van der Waals surface area contributed by atoms with E-state index in [0.717, 1.165) is 22.0 Å². The summed E-state index contributed by atoms with van der Waals surface area (Å²) in [6.07, 6.45) is 8.19. The molecule has 0 radical (unpaired) electrons. The molecule has 2 N–H and O–H groups in total. The summed E-state index contributed by atoms with van der Waals surface area (Å²) in [5.74, 6) is 0.475. The average molecular weight is 467 g/mol. The number of pyridine rings is 1. The van der Waals surface area contributed by atoms with Gasteiger partial charge >= 0.3 is 0 Å². The zero-order valence-electron chi connectivity index (χ0n) is 19.1. The normalized spacial score (nSPS) is 12.7. The molecular weight excluding hydrogens is 444 g/mol. The molecule has 3 heterocycles. The third-order valence-electron chi connectivity index (χ3n) is 5.79. The van der Waals surface area contributed by atoms with E-state index in [-0.39, 0.29) is 0 Å². The van der Waals surface area contributed by atoms with Crippen molar-refractivity contribution in [2.45, 2.75) is 5.60 Å². The van der Waals surface area contributed by atoms with Gasteiger partial charge < -0.3 is 19.8 Å². The Hall–Kier alpha value is -4.63. The van der Waals surface area contributed by atoms with Crippen molar-refractivity contribution in [1.29, 1.82) is 0 Å². The molecule has 0 bridgehead atoms. The highest BCUT2D eigenvalue weighted by molar-refractivity contribution is 6.01. The fourth-order valence-electron chi connectivity index (χ4n) is 4.09. The van der Waals surface area contributed by atoms with Gasteiger partial charge in [0.05, 0.1) is 30.7 Å². The monoisotopic (exact) mass is 466 g/mol. The van der Waals surface area contributed by atoms with Crippen LogP contribution >= 0.6 is 0 Å². The highest BCUT2D eigenvalue weighted by Crippen LogP contribution is 2.35. The number of hydrogen-bond donors (Lipinski definition) is 2. The number of rotatable bonds is 7. The molecule has 0 saturated heterocycles. The van der Waals surface area contributed by atoms with E-state index in [2.05, 4.69) is 30.5 Å². The number of imidazole rings is 1. The van der Waals surface area contributed by atoms with Crippen molar-refractivity contribution >= 4 is 22.5 Å². The van der Waals surface area contributed by atoms with Gasteiger partial charge in [-0.3, -0.25) is 9.78 Å². The number of anilines is 1. The van der Waals surface area contributed by atoms with Crippen LogP contribution in [0, 0.1) is 0 Å². The second-order valence-electron chi connectivity index (χ2n) is 7.75. The van der Waals surface area contributed by atoms with Gasteiger partial charge in [0.15, 0.2) is 5.82 Å². The quantitative estimate of drug-likeness (QED) is 0.373. The number of nitrogens with one attached hydrogen (secondary N) is 2. The molecule has 174 valence electrons. The van der Waals surface area contributed by atoms with Crippen molar-refractivity contribution in [2.75, 3.05) is 19.5 Å². The maximum atomic E-state index is 13.8. The third kappa shape index (κ3) is 3.98. The van der Waals surface area contributed by atoms with Crippen LogP contribution < -0.4 is 10.1 Å². The standard InChI is InChI=1S/C26H22N6O3/c1-34-20-7-5-6-18(13-20)26(35-2,24-28-10-11-29-24)25(33)31-19-12-17(14-27-15-19)22-16-30-32-23-9-4-3-8-21(22)23/h3-16H,1-2H3,(H,28,29)(H,31,33). The summed E-state index contributed by atoms with van der Waals surface area (Å²) in [5, 5.41) is 12.2. The summed E-state index contributed by atoms with van der Waals surface area (Å²) >= 11 is 0. The van der Waals surface area contributed by atoms with Gasteiger partial charge in [0.25, 0.3) is 5.91 Å². The molecule has 35 heavy (non-hydrogen) atoms. The lowest BCUT2D eigenvalue weighted by molar-refractivity contribution is -0.134. The Morgan fingerprint density at radius 1 is 1.03 bits per heavy atom. The van der Waals surface area contributed by atoms with E-state index in [1.54, 1.807) is 62.4 Å². The predicted octanol–water partition coefficient (Wildman–Crippen LogP) is 3.95. The highest BCUT2D eigenvalue weighted by Gasteiger charge is 2.45. The number of hydrogen-bond acceptors (Lipinski definition) is 7. The second-order valence-corrected chi connectivity index (χ2v) is 7.75. The molecule has 0 aliphatic rings. The molecule has 5 aromatic rings. The Bertz CT molecular complexity index is 1480. The van der Waals surface area contributed by atoms with Gasteiger partial charge in [-0.25, -0.2) is 4.98 Å². The molecule has 0 fully saturated rings. The van der Waals surface area contributed by atoms with E-state index in [9.17, 15) is 4.79 Å². The van der Waals surface area contributed by atoms with Crippen LogP contribution in [0.5, 0.6) is 5.75 Å². The molecule has 9 nitrogen and oxygen atoms in total. The van der Waals surface area contributed by atoms with E-state index in [4.69, 9.17) is 9.47 Å². The molecule has 0 aliphatic heterocycles. The minimum atomic E-state index is -1.56. The van der Waals surface area contributed by atoms with Gasteiger partial charge in [-0.1, -0.05) is 30.3 Å². The number of H-pyrrole nitrogens is 1. The number of carbonyl (C=O) groups is 1. The average Bonchev–Trinajstić information content (AvgIpc) is 3.45. The van der Waals surface area contributed by atoms with Crippen molar-refractivity contribution in [3.05, 3.63) is 97.0 Å². The van der Waals surface area contributed by atoms with Crippen molar-refractivity contribution in [3.8, 4) is 16.9 Å². The summed E-state index contributed by atoms with van der Waals surface area (Å²) in [5.41, 5.74) is 1.91. The Morgan fingerprint density at radius 2 is 1.91 bits per heavy atom. The molecule has 2 aromatic carbocycles. The highest BCUT2D eigenvalue weighted by atomic mass is 16.5. The number of benzene rings is 2. The van der Waals surface area contributed by atoms with Crippen LogP contribution in [0.1, 0.15) is 11.4 Å². The van der Waals surface area contributed by atoms with Crippen LogP contribution in [0.3, 0.4) is 0 Å². The molecule has 1 atom stereocenters. The van der Waals surface area contributed by atoms with E-state index in [1.807, 2.05) is 30.3 Å².